The molecule has 1 aromatic carbocycles. The minimum atomic E-state index is 0.573. The topological polar surface area (TPSA) is 32.7 Å². The van der Waals surface area contributed by atoms with Gasteiger partial charge in [0.25, 0.3) is 0 Å². The molecule has 1 aromatic rings. The van der Waals surface area contributed by atoms with Crippen LogP contribution in [-0.4, -0.2) is 11.8 Å². The van der Waals surface area contributed by atoms with E-state index in [9.17, 15) is 5.21 Å². The third-order valence-corrected chi connectivity index (χ3v) is 5.19. The number of benzene rings is 1. The highest BCUT2D eigenvalue weighted by atomic mass is 16.9. The van der Waals surface area contributed by atoms with Gasteiger partial charge in [-0.2, -0.15) is 0 Å². The SMILES string of the molecule is CCCCCCCCCCCCCCCCCCON(O)c1ccccc1. The fourth-order valence-corrected chi connectivity index (χ4v) is 3.43. The second kappa shape index (κ2) is 18.3. The first-order valence-electron chi connectivity index (χ1n) is 11.5. The van der Waals surface area contributed by atoms with E-state index in [1.54, 1.807) is 0 Å². The lowest BCUT2D eigenvalue weighted by Gasteiger charge is -2.15. The van der Waals surface area contributed by atoms with Crippen molar-refractivity contribution in [1.29, 1.82) is 0 Å². The summed E-state index contributed by atoms with van der Waals surface area (Å²) in [4.78, 5) is 5.34. The normalized spacial score (nSPS) is 11.0. The fraction of sp³-hybridized carbons (Fsp3) is 0.750. The van der Waals surface area contributed by atoms with E-state index in [0.717, 1.165) is 11.6 Å². The summed E-state index contributed by atoms with van der Waals surface area (Å²) in [5.74, 6) is 0. The highest BCUT2D eigenvalue weighted by Crippen LogP contribution is 2.14. The Hall–Kier alpha value is -1.06. The Labute approximate surface area is 168 Å². The lowest BCUT2D eigenvalue weighted by atomic mass is 10.0. The maximum atomic E-state index is 9.76. The van der Waals surface area contributed by atoms with Crippen LogP contribution in [0.15, 0.2) is 30.3 Å². The van der Waals surface area contributed by atoms with Crippen molar-refractivity contribution in [2.45, 2.75) is 110 Å². The number of rotatable bonds is 19. The van der Waals surface area contributed by atoms with Gasteiger partial charge in [-0.1, -0.05) is 121 Å². The molecule has 0 unspecified atom stereocenters. The van der Waals surface area contributed by atoms with E-state index in [1.807, 2.05) is 30.3 Å². The molecule has 0 aromatic heterocycles. The van der Waals surface area contributed by atoms with Crippen LogP contribution in [0.2, 0.25) is 0 Å². The molecule has 27 heavy (non-hydrogen) atoms. The molecule has 0 fully saturated rings. The molecule has 1 N–H and O–H groups in total. The summed E-state index contributed by atoms with van der Waals surface area (Å²) in [6, 6.07) is 9.35. The first-order chi connectivity index (χ1) is 13.3. The Bertz CT molecular complexity index is 410. The Morgan fingerprint density at radius 2 is 1.04 bits per heavy atom. The van der Waals surface area contributed by atoms with Crippen molar-refractivity contribution in [3.8, 4) is 0 Å². The van der Waals surface area contributed by atoms with Crippen LogP contribution in [0.5, 0.6) is 0 Å². The number of hydrogen-bond acceptors (Lipinski definition) is 3. The molecular weight excluding hydrogens is 334 g/mol. The Morgan fingerprint density at radius 3 is 1.48 bits per heavy atom. The second-order valence-electron chi connectivity index (χ2n) is 7.75. The zero-order valence-electron chi connectivity index (χ0n) is 17.7. The molecule has 0 aliphatic heterocycles. The molecule has 0 amide bonds. The van der Waals surface area contributed by atoms with Gasteiger partial charge >= 0.3 is 0 Å². The zero-order chi connectivity index (χ0) is 19.4. The van der Waals surface area contributed by atoms with Crippen LogP contribution in [0.1, 0.15) is 110 Å². The van der Waals surface area contributed by atoms with Crippen molar-refractivity contribution >= 4 is 5.69 Å². The minimum absolute atomic E-state index is 0.573. The predicted molar refractivity (Wildman–Crippen MR) is 116 cm³/mol. The van der Waals surface area contributed by atoms with Crippen molar-refractivity contribution < 1.29 is 10.0 Å². The van der Waals surface area contributed by atoms with Gasteiger partial charge < -0.3 is 0 Å². The van der Waals surface area contributed by atoms with Crippen LogP contribution < -0.4 is 5.23 Å². The largest absolute Gasteiger partial charge is 0.264 e. The van der Waals surface area contributed by atoms with Crippen LogP contribution in [0, 0.1) is 0 Å². The first-order valence-corrected chi connectivity index (χ1v) is 11.5. The highest BCUT2D eigenvalue weighted by molar-refractivity contribution is 5.40. The molecule has 0 aliphatic rings. The molecule has 0 saturated heterocycles. The smallest absolute Gasteiger partial charge is 0.0945 e. The van der Waals surface area contributed by atoms with Gasteiger partial charge in [-0.05, 0) is 18.6 Å². The summed E-state index contributed by atoms with van der Waals surface area (Å²) in [7, 11) is 0. The first kappa shape index (κ1) is 24.0. The molecule has 0 radical (unpaired) electrons. The van der Waals surface area contributed by atoms with Gasteiger partial charge in [-0.15, -0.1) is 5.23 Å². The summed E-state index contributed by atoms with van der Waals surface area (Å²) in [5, 5.41) is 10.6. The molecular formula is C24H43NO2. The Kier molecular flexibility index (Phi) is 16.3. The molecule has 3 nitrogen and oxygen atoms in total. The zero-order valence-corrected chi connectivity index (χ0v) is 17.7. The number of para-hydroxylation sites is 1. The van der Waals surface area contributed by atoms with Gasteiger partial charge in [-0.25, -0.2) is 4.84 Å². The van der Waals surface area contributed by atoms with E-state index in [-0.39, 0.29) is 0 Å². The highest BCUT2D eigenvalue weighted by Gasteiger charge is 2.01. The molecule has 0 bridgehead atoms. The lowest BCUT2D eigenvalue weighted by molar-refractivity contribution is -0.0422. The van der Waals surface area contributed by atoms with Crippen molar-refractivity contribution in [3.63, 3.8) is 0 Å². The number of nitrogens with zero attached hydrogens (tertiary/aromatic N) is 1. The molecule has 0 aliphatic carbocycles. The van der Waals surface area contributed by atoms with E-state index >= 15 is 0 Å². The minimum Gasteiger partial charge on any atom is -0.264 e. The molecule has 0 saturated carbocycles. The van der Waals surface area contributed by atoms with Crippen molar-refractivity contribution in [1.82, 2.24) is 0 Å². The predicted octanol–water partition coefficient (Wildman–Crippen LogP) is 8.08. The lowest BCUT2D eigenvalue weighted by Crippen LogP contribution is -2.19. The molecule has 1 rings (SSSR count). The monoisotopic (exact) mass is 377 g/mol. The van der Waals surface area contributed by atoms with Crippen molar-refractivity contribution in [2.75, 3.05) is 11.8 Å². The number of anilines is 1. The number of unbranched alkanes of at least 4 members (excludes halogenated alkanes) is 15. The van der Waals surface area contributed by atoms with E-state index < -0.39 is 0 Å². The maximum absolute atomic E-state index is 9.76. The van der Waals surface area contributed by atoms with E-state index in [1.165, 1.54) is 96.3 Å². The summed E-state index contributed by atoms with van der Waals surface area (Å²) in [6.45, 7) is 2.86. The standard InChI is InChI=1S/C24H43NO2/c1-2-3-4-5-6-7-8-9-10-11-12-13-14-15-16-20-23-27-25(26)24-21-18-17-19-22-24/h17-19,21-22,26H,2-16,20,23H2,1H3. The van der Waals surface area contributed by atoms with E-state index in [4.69, 9.17) is 4.84 Å². The summed E-state index contributed by atoms with van der Waals surface area (Å²) < 4.78 is 0. The van der Waals surface area contributed by atoms with Crippen LogP contribution in [0.4, 0.5) is 5.69 Å². The van der Waals surface area contributed by atoms with Crippen LogP contribution in [0.3, 0.4) is 0 Å². The second-order valence-corrected chi connectivity index (χ2v) is 7.75. The van der Waals surface area contributed by atoms with Gasteiger partial charge in [0.15, 0.2) is 0 Å². The van der Waals surface area contributed by atoms with E-state index in [0.29, 0.717) is 12.3 Å². The number of hydrogen-bond donors (Lipinski definition) is 1. The summed E-state index contributed by atoms with van der Waals surface area (Å²) in [5.41, 5.74) is 0.675. The quantitative estimate of drug-likeness (QED) is 0.195. The average Bonchev–Trinajstić information content (AvgIpc) is 2.70. The van der Waals surface area contributed by atoms with Crippen LogP contribution in [-0.2, 0) is 4.84 Å². The molecule has 0 atom stereocenters. The Balaban J connectivity index is 1.74. The average molecular weight is 378 g/mol. The third-order valence-electron chi connectivity index (χ3n) is 5.19. The van der Waals surface area contributed by atoms with Gasteiger partial charge in [0.1, 0.15) is 0 Å². The maximum Gasteiger partial charge on any atom is 0.0945 e. The summed E-state index contributed by atoms with van der Waals surface area (Å²) >= 11 is 0. The molecule has 0 spiro atoms. The van der Waals surface area contributed by atoms with Crippen LogP contribution in [0.25, 0.3) is 0 Å². The van der Waals surface area contributed by atoms with Crippen molar-refractivity contribution in [3.05, 3.63) is 30.3 Å². The van der Waals surface area contributed by atoms with E-state index in [2.05, 4.69) is 6.92 Å². The third kappa shape index (κ3) is 14.6. The summed E-state index contributed by atoms with van der Waals surface area (Å²) in [6.07, 6.45) is 21.8. The Morgan fingerprint density at radius 1 is 0.630 bits per heavy atom. The van der Waals surface area contributed by atoms with Gasteiger partial charge in [0.05, 0.1) is 12.3 Å². The molecule has 3 heteroatoms. The van der Waals surface area contributed by atoms with Gasteiger partial charge in [0, 0.05) is 0 Å². The van der Waals surface area contributed by atoms with Crippen LogP contribution >= 0.6 is 0 Å². The molecule has 156 valence electrons. The van der Waals surface area contributed by atoms with Crippen molar-refractivity contribution in [2.24, 2.45) is 0 Å². The fourth-order valence-electron chi connectivity index (χ4n) is 3.43. The van der Waals surface area contributed by atoms with Gasteiger partial charge in [0.2, 0.25) is 0 Å². The van der Waals surface area contributed by atoms with Gasteiger partial charge in [-0.3, -0.25) is 5.21 Å². The molecule has 0 heterocycles.